The highest BCUT2D eigenvalue weighted by atomic mass is 16.3. The summed E-state index contributed by atoms with van der Waals surface area (Å²) in [5.41, 5.74) is 0.942. The van der Waals surface area contributed by atoms with Crippen molar-refractivity contribution in [1.82, 2.24) is 24.6 Å². The average molecular weight is 363 g/mol. The summed E-state index contributed by atoms with van der Waals surface area (Å²) in [6, 6.07) is 12.7. The van der Waals surface area contributed by atoms with E-state index in [1.807, 2.05) is 37.3 Å². The molecule has 0 saturated heterocycles. The number of aromatic nitrogens is 4. The molecule has 27 heavy (non-hydrogen) atoms. The van der Waals surface area contributed by atoms with E-state index >= 15 is 0 Å². The number of hydrogen-bond donors (Lipinski definition) is 1. The van der Waals surface area contributed by atoms with Gasteiger partial charge in [0.25, 0.3) is 5.56 Å². The Hall–Kier alpha value is -3.68. The van der Waals surface area contributed by atoms with Gasteiger partial charge in [-0.15, -0.1) is 0 Å². The minimum atomic E-state index is -0.317. The summed E-state index contributed by atoms with van der Waals surface area (Å²) in [6.45, 7) is 1.67. The molecule has 1 aromatic carbocycles. The number of nitrogens with zero attached hydrogens (tertiary/aromatic N) is 4. The Morgan fingerprint density at radius 1 is 1.22 bits per heavy atom. The Kier molecular flexibility index (Phi) is 4.29. The summed E-state index contributed by atoms with van der Waals surface area (Å²) >= 11 is 0. The van der Waals surface area contributed by atoms with Crippen LogP contribution in [0.1, 0.15) is 18.7 Å². The van der Waals surface area contributed by atoms with Crippen LogP contribution < -0.4 is 10.9 Å². The summed E-state index contributed by atoms with van der Waals surface area (Å²) in [4.78, 5) is 29.3. The summed E-state index contributed by atoms with van der Waals surface area (Å²) in [5.74, 6) is 0.339. The number of para-hydroxylation sites is 1. The molecule has 0 bridgehead atoms. The number of carbonyl (C=O) groups excluding carboxylic acids is 1. The predicted octanol–water partition coefficient (Wildman–Crippen LogP) is 2.05. The molecule has 0 aliphatic rings. The summed E-state index contributed by atoms with van der Waals surface area (Å²) in [7, 11) is 0. The van der Waals surface area contributed by atoms with Gasteiger partial charge in [-0.3, -0.25) is 14.2 Å². The van der Waals surface area contributed by atoms with Crippen molar-refractivity contribution in [3.63, 3.8) is 0 Å². The first kappa shape index (κ1) is 16.8. The van der Waals surface area contributed by atoms with Gasteiger partial charge in [-0.05, 0) is 31.2 Å². The second-order valence-electron chi connectivity index (χ2n) is 6.11. The molecule has 4 aromatic rings. The summed E-state index contributed by atoms with van der Waals surface area (Å²) in [5, 5.41) is 7.41. The molecule has 0 aliphatic carbocycles. The van der Waals surface area contributed by atoms with Gasteiger partial charge < -0.3 is 9.73 Å². The molecule has 0 aliphatic heterocycles. The fraction of sp³-hybridized carbons (Fsp3) is 0.158. The van der Waals surface area contributed by atoms with Gasteiger partial charge in [0.2, 0.25) is 5.91 Å². The van der Waals surface area contributed by atoms with Gasteiger partial charge in [-0.25, -0.2) is 9.67 Å². The van der Waals surface area contributed by atoms with E-state index in [4.69, 9.17) is 4.42 Å². The number of fused-ring (bicyclic) bond motifs is 1. The van der Waals surface area contributed by atoms with Crippen LogP contribution in [0.3, 0.4) is 0 Å². The van der Waals surface area contributed by atoms with Gasteiger partial charge in [0, 0.05) is 0 Å². The molecule has 3 heterocycles. The van der Waals surface area contributed by atoms with Crippen molar-refractivity contribution in [3.8, 4) is 5.69 Å². The highest BCUT2D eigenvalue weighted by Gasteiger charge is 2.15. The molecule has 0 radical (unpaired) electrons. The lowest BCUT2D eigenvalue weighted by atomic mass is 10.2. The van der Waals surface area contributed by atoms with Crippen LogP contribution in [0.15, 0.2) is 70.5 Å². The number of benzene rings is 1. The van der Waals surface area contributed by atoms with Crippen molar-refractivity contribution in [3.05, 3.63) is 77.4 Å². The maximum atomic E-state index is 12.7. The Bertz CT molecular complexity index is 1130. The SMILES string of the molecule is C[C@H](NC(=O)Cn1cnc2c(cnn2-c2ccccc2)c1=O)c1ccco1. The monoisotopic (exact) mass is 363 g/mol. The van der Waals surface area contributed by atoms with Crippen LogP contribution in [0.2, 0.25) is 0 Å². The first-order valence-corrected chi connectivity index (χ1v) is 8.45. The molecule has 1 atom stereocenters. The lowest BCUT2D eigenvalue weighted by molar-refractivity contribution is -0.122. The lowest BCUT2D eigenvalue weighted by Crippen LogP contribution is -2.33. The Morgan fingerprint density at radius 3 is 2.78 bits per heavy atom. The van der Waals surface area contributed by atoms with E-state index in [0.29, 0.717) is 16.8 Å². The average Bonchev–Trinajstić information content (AvgIpc) is 3.34. The summed E-state index contributed by atoms with van der Waals surface area (Å²) < 4.78 is 8.13. The number of furan rings is 1. The third kappa shape index (κ3) is 3.24. The number of carbonyl (C=O) groups is 1. The van der Waals surface area contributed by atoms with Crippen LogP contribution in [0.4, 0.5) is 0 Å². The third-order valence-electron chi connectivity index (χ3n) is 4.22. The van der Waals surface area contributed by atoms with Gasteiger partial charge in [-0.2, -0.15) is 5.10 Å². The third-order valence-corrected chi connectivity index (χ3v) is 4.22. The molecule has 0 fully saturated rings. The molecular formula is C19H17N5O3. The van der Waals surface area contributed by atoms with E-state index in [-0.39, 0.29) is 24.1 Å². The van der Waals surface area contributed by atoms with Crippen molar-refractivity contribution in [2.24, 2.45) is 0 Å². The zero-order valence-corrected chi connectivity index (χ0v) is 14.6. The number of amides is 1. The Labute approximate surface area is 154 Å². The van der Waals surface area contributed by atoms with Crippen LogP contribution in [0.5, 0.6) is 0 Å². The molecule has 1 N–H and O–H groups in total. The first-order chi connectivity index (χ1) is 13.1. The van der Waals surface area contributed by atoms with E-state index in [1.54, 1.807) is 23.1 Å². The molecule has 0 spiro atoms. The van der Waals surface area contributed by atoms with E-state index in [9.17, 15) is 9.59 Å². The first-order valence-electron chi connectivity index (χ1n) is 8.45. The Morgan fingerprint density at radius 2 is 2.04 bits per heavy atom. The largest absolute Gasteiger partial charge is 0.467 e. The molecule has 4 rings (SSSR count). The van der Waals surface area contributed by atoms with Crippen LogP contribution in [-0.2, 0) is 11.3 Å². The van der Waals surface area contributed by atoms with Crippen molar-refractivity contribution >= 4 is 16.9 Å². The number of rotatable bonds is 5. The molecular weight excluding hydrogens is 346 g/mol. The number of nitrogens with one attached hydrogen (secondary N) is 1. The van der Waals surface area contributed by atoms with Crippen LogP contribution >= 0.6 is 0 Å². The minimum absolute atomic E-state index is 0.136. The van der Waals surface area contributed by atoms with E-state index < -0.39 is 0 Å². The maximum absolute atomic E-state index is 12.7. The molecule has 1 amide bonds. The van der Waals surface area contributed by atoms with Crippen molar-refractivity contribution in [2.75, 3.05) is 0 Å². The van der Waals surface area contributed by atoms with Crippen molar-refractivity contribution < 1.29 is 9.21 Å². The van der Waals surface area contributed by atoms with Crippen LogP contribution in [0, 0.1) is 0 Å². The fourth-order valence-corrected chi connectivity index (χ4v) is 2.87. The molecule has 8 heteroatoms. The second-order valence-corrected chi connectivity index (χ2v) is 6.11. The number of hydrogen-bond acceptors (Lipinski definition) is 5. The van der Waals surface area contributed by atoms with Crippen molar-refractivity contribution in [1.29, 1.82) is 0 Å². The van der Waals surface area contributed by atoms with Crippen LogP contribution in [0.25, 0.3) is 16.7 Å². The molecule has 136 valence electrons. The summed E-state index contributed by atoms with van der Waals surface area (Å²) in [6.07, 6.45) is 4.38. The quantitative estimate of drug-likeness (QED) is 0.586. The van der Waals surface area contributed by atoms with Crippen molar-refractivity contribution in [2.45, 2.75) is 19.5 Å². The standard InChI is InChI=1S/C19H17N5O3/c1-13(16-8-5-9-27-16)22-17(25)11-23-12-20-18-15(19(23)26)10-21-24(18)14-6-3-2-4-7-14/h2-10,12-13H,11H2,1H3,(H,22,25)/t13-/m0/s1. The topological polar surface area (TPSA) is 95.0 Å². The maximum Gasteiger partial charge on any atom is 0.264 e. The highest BCUT2D eigenvalue weighted by Crippen LogP contribution is 2.14. The molecule has 0 unspecified atom stereocenters. The van der Waals surface area contributed by atoms with E-state index in [2.05, 4.69) is 15.4 Å². The zero-order valence-electron chi connectivity index (χ0n) is 14.6. The second kappa shape index (κ2) is 6.91. The van der Waals surface area contributed by atoms with Gasteiger partial charge in [0.1, 0.15) is 24.0 Å². The van der Waals surface area contributed by atoms with E-state index in [1.165, 1.54) is 17.1 Å². The van der Waals surface area contributed by atoms with Crippen LogP contribution in [-0.4, -0.2) is 25.2 Å². The zero-order chi connectivity index (χ0) is 18.8. The molecule has 3 aromatic heterocycles. The van der Waals surface area contributed by atoms with Gasteiger partial charge >= 0.3 is 0 Å². The fourth-order valence-electron chi connectivity index (χ4n) is 2.87. The minimum Gasteiger partial charge on any atom is -0.467 e. The highest BCUT2D eigenvalue weighted by molar-refractivity contribution is 5.78. The Balaban J connectivity index is 1.57. The van der Waals surface area contributed by atoms with E-state index in [0.717, 1.165) is 5.69 Å². The normalized spacial score (nSPS) is 12.2. The predicted molar refractivity (Wildman–Crippen MR) is 98.4 cm³/mol. The molecule has 8 nitrogen and oxygen atoms in total. The van der Waals surface area contributed by atoms with Gasteiger partial charge in [0.15, 0.2) is 5.65 Å². The van der Waals surface area contributed by atoms with Gasteiger partial charge in [0.05, 0.1) is 24.2 Å². The lowest BCUT2D eigenvalue weighted by Gasteiger charge is -2.12. The van der Waals surface area contributed by atoms with Gasteiger partial charge in [-0.1, -0.05) is 18.2 Å². The smallest absolute Gasteiger partial charge is 0.264 e. The molecule has 0 saturated carbocycles.